The smallest absolute Gasteiger partial charge is 0.138 e. The second-order valence-corrected chi connectivity index (χ2v) is 5.46. The Balaban J connectivity index is 2.03. The number of halogens is 1. The van der Waals surface area contributed by atoms with Gasteiger partial charge in [0.1, 0.15) is 12.4 Å². The molecule has 0 unspecified atom stereocenters. The maximum Gasteiger partial charge on any atom is 0.138 e. The van der Waals surface area contributed by atoms with E-state index in [1.165, 1.54) is 5.56 Å². The molecule has 0 radical (unpaired) electrons. The van der Waals surface area contributed by atoms with Gasteiger partial charge >= 0.3 is 0 Å². The topological polar surface area (TPSA) is 35.2 Å². The zero-order valence-electron chi connectivity index (χ0n) is 10.1. The van der Waals surface area contributed by atoms with E-state index in [1.54, 1.807) is 0 Å². The summed E-state index contributed by atoms with van der Waals surface area (Å²) >= 11 is 6.17. The lowest BCUT2D eigenvalue weighted by Gasteiger charge is -2.12. The van der Waals surface area contributed by atoms with Gasteiger partial charge in [-0.25, -0.2) is 0 Å². The van der Waals surface area contributed by atoms with Gasteiger partial charge in [-0.05, 0) is 49.5 Å². The maximum absolute atomic E-state index is 6.17. The summed E-state index contributed by atoms with van der Waals surface area (Å²) in [6.45, 7) is 6.21. The molecule has 0 heterocycles. The van der Waals surface area contributed by atoms with Crippen LogP contribution in [0.2, 0.25) is 5.02 Å². The third-order valence-corrected chi connectivity index (χ3v) is 3.21. The molecule has 92 valence electrons. The van der Waals surface area contributed by atoms with Crippen LogP contribution in [0.3, 0.4) is 0 Å². The van der Waals surface area contributed by atoms with Crippen LogP contribution in [0.4, 0.5) is 0 Å². The third-order valence-electron chi connectivity index (χ3n) is 2.92. The van der Waals surface area contributed by atoms with E-state index in [2.05, 4.69) is 6.58 Å². The van der Waals surface area contributed by atoms with Crippen LogP contribution >= 0.6 is 11.6 Å². The van der Waals surface area contributed by atoms with Crippen LogP contribution in [0.5, 0.6) is 5.75 Å². The number of rotatable bonds is 5. The Hall–Kier alpha value is -0.990. The molecule has 1 aliphatic rings. The van der Waals surface area contributed by atoms with Crippen molar-refractivity contribution >= 4 is 11.6 Å². The standard InChI is InChI=1S/C14H18ClNO/c1-10(2)9-17-13-4-3-11(7-12(13)15)8-14(16)5-6-14/h3-4,7H,1,5-6,8-9,16H2,2H3. The summed E-state index contributed by atoms with van der Waals surface area (Å²) in [5.41, 5.74) is 8.25. The summed E-state index contributed by atoms with van der Waals surface area (Å²) in [4.78, 5) is 0. The van der Waals surface area contributed by atoms with E-state index in [4.69, 9.17) is 22.1 Å². The molecule has 0 saturated heterocycles. The summed E-state index contributed by atoms with van der Waals surface area (Å²) in [5, 5.41) is 0.646. The number of hydrogen-bond donors (Lipinski definition) is 1. The minimum absolute atomic E-state index is 0.0173. The van der Waals surface area contributed by atoms with Gasteiger partial charge in [-0.2, -0.15) is 0 Å². The highest BCUT2D eigenvalue weighted by Crippen LogP contribution is 2.37. The average Bonchev–Trinajstić information content (AvgIpc) is 2.94. The van der Waals surface area contributed by atoms with Crippen molar-refractivity contribution in [2.24, 2.45) is 5.73 Å². The van der Waals surface area contributed by atoms with Crippen molar-refractivity contribution in [3.05, 3.63) is 40.9 Å². The Labute approximate surface area is 107 Å². The SMILES string of the molecule is C=C(C)COc1ccc(CC2(N)CC2)cc1Cl. The highest BCUT2D eigenvalue weighted by Gasteiger charge is 2.37. The maximum atomic E-state index is 6.17. The van der Waals surface area contributed by atoms with Gasteiger partial charge in [0.05, 0.1) is 5.02 Å². The van der Waals surface area contributed by atoms with Crippen molar-refractivity contribution in [1.82, 2.24) is 0 Å². The molecule has 17 heavy (non-hydrogen) atoms. The van der Waals surface area contributed by atoms with Crippen LogP contribution in [-0.4, -0.2) is 12.1 Å². The Morgan fingerprint density at radius 2 is 2.24 bits per heavy atom. The number of nitrogens with two attached hydrogens (primary N) is 1. The van der Waals surface area contributed by atoms with Gasteiger partial charge in [-0.1, -0.05) is 24.2 Å². The molecular weight excluding hydrogens is 234 g/mol. The molecule has 0 atom stereocenters. The van der Waals surface area contributed by atoms with E-state index in [0.29, 0.717) is 17.4 Å². The molecule has 1 fully saturated rings. The molecule has 0 amide bonds. The number of benzene rings is 1. The zero-order valence-corrected chi connectivity index (χ0v) is 10.9. The molecular formula is C14H18ClNO. The van der Waals surface area contributed by atoms with Crippen molar-refractivity contribution in [2.75, 3.05) is 6.61 Å². The monoisotopic (exact) mass is 251 g/mol. The summed E-state index contributed by atoms with van der Waals surface area (Å²) in [5.74, 6) is 0.709. The van der Waals surface area contributed by atoms with E-state index >= 15 is 0 Å². The molecule has 1 aromatic carbocycles. The molecule has 2 N–H and O–H groups in total. The molecule has 0 aliphatic heterocycles. The van der Waals surface area contributed by atoms with Crippen molar-refractivity contribution in [1.29, 1.82) is 0 Å². The number of hydrogen-bond acceptors (Lipinski definition) is 2. The molecule has 1 saturated carbocycles. The van der Waals surface area contributed by atoms with Crippen LogP contribution in [0.1, 0.15) is 25.3 Å². The minimum atomic E-state index is 0.0173. The Bertz CT molecular complexity index is 438. The third kappa shape index (κ3) is 3.48. The Kier molecular flexibility index (Phi) is 3.45. The fraction of sp³-hybridized carbons (Fsp3) is 0.429. The van der Waals surface area contributed by atoms with Gasteiger partial charge < -0.3 is 10.5 Å². The first-order valence-electron chi connectivity index (χ1n) is 5.83. The van der Waals surface area contributed by atoms with E-state index in [1.807, 2.05) is 25.1 Å². The van der Waals surface area contributed by atoms with Crippen LogP contribution in [-0.2, 0) is 6.42 Å². The lowest BCUT2D eigenvalue weighted by Crippen LogP contribution is -2.24. The summed E-state index contributed by atoms with van der Waals surface area (Å²) in [7, 11) is 0. The quantitative estimate of drug-likeness (QED) is 0.815. The first kappa shape index (κ1) is 12.5. The van der Waals surface area contributed by atoms with Gasteiger partial charge in [0.2, 0.25) is 0 Å². The summed E-state index contributed by atoms with van der Waals surface area (Å²) in [6.07, 6.45) is 3.12. The van der Waals surface area contributed by atoms with Crippen LogP contribution in [0, 0.1) is 0 Å². The van der Waals surface area contributed by atoms with Crippen molar-refractivity contribution in [2.45, 2.75) is 31.7 Å². The van der Waals surface area contributed by atoms with E-state index < -0.39 is 0 Å². The lowest BCUT2D eigenvalue weighted by atomic mass is 10.1. The minimum Gasteiger partial charge on any atom is -0.488 e. The molecule has 0 spiro atoms. The molecule has 2 nitrogen and oxygen atoms in total. The number of ether oxygens (including phenoxy) is 1. The van der Waals surface area contributed by atoms with Crippen LogP contribution in [0.15, 0.2) is 30.4 Å². The predicted octanol–water partition coefficient (Wildman–Crippen LogP) is 3.33. The van der Waals surface area contributed by atoms with E-state index in [0.717, 1.165) is 24.8 Å². The van der Waals surface area contributed by atoms with Gasteiger partial charge in [0.15, 0.2) is 0 Å². The van der Waals surface area contributed by atoms with Crippen LogP contribution in [0.25, 0.3) is 0 Å². The summed E-state index contributed by atoms with van der Waals surface area (Å²) < 4.78 is 5.54. The second-order valence-electron chi connectivity index (χ2n) is 5.05. The average molecular weight is 252 g/mol. The van der Waals surface area contributed by atoms with E-state index in [-0.39, 0.29) is 5.54 Å². The predicted molar refractivity (Wildman–Crippen MR) is 71.6 cm³/mol. The molecule has 0 aromatic heterocycles. The van der Waals surface area contributed by atoms with E-state index in [9.17, 15) is 0 Å². The second kappa shape index (κ2) is 4.71. The fourth-order valence-electron chi connectivity index (χ4n) is 1.72. The highest BCUT2D eigenvalue weighted by atomic mass is 35.5. The van der Waals surface area contributed by atoms with Gasteiger partial charge in [0, 0.05) is 5.54 Å². The van der Waals surface area contributed by atoms with Crippen LogP contribution < -0.4 is 10.5 Å². The highest BCUT2D eigenvalue weighted by molar-refractivity contribution is 6.32. The van der Waals surface area contributed by atoms with Crippen molar-refractivity contribution in [3.63, 3.8) is 0 Å². The Morgan fingerprint density at radius 1 is 1.53 bits per heavy atom. The fourth-order valence-corrected chi connectivity index (χ4v) is 1.97. The molecule has 3 heteroatoms. The Morgan fingerprint density at radius 3 is 2.76 bits per heavy atom. The molecule has 1 aliphatic carbocycles. The molecule has 0 bridgehead atoms. The first-order valence-corrected chi connectivity index (χ1v) is 6.21. The van der Waals surface area contributed by atoms with Gasteiger partial charge in [-0.15, -0.1) is 0 Å². The normalized spacial score (nSPS) is 16.6. The molecule has 1 aromatic rings. The zero-order chi connectivity index (χ0) is 12.5. The van der Waals surface area contributed by atoms with Gasteiger partial charge in [0.25, 0.3) is 0 Å². The lowest BCUT2D eigenvalue weighted by molar-refractivity contribution is 0.353. The van der Waals surface area contributed by atoms with Crippen molar-refractivity contribution in [3.8, 4) is 5.75 Å². The largest absolute Gasteiger partial charge is 0.488 e. The molecule has 2 rings (SSSR count). The van der Waals surface area contributed by atoms with Crippen molar-refractivity contribution < 1.29 is 4.74 Å². The van der Waals surface area contributed by atoms with Gasteiger partial charge in [-0.3, -0.25) is 0 Å². The summed E-state index contributed by atoms with van der Waals surface area (Å²) in [6, 6.07) is 5.89. The first-order chi connectivity index (χ1) is 7.98.